The normalized spacial score (nSPS) is 17.0. The van der Waals surface area contributed by atoms with Gasteiger partial charge in [-0.3, -0.25) is 4.79 Å². The molecule has 6 nitrogen and oxygen atoms in total. The minimum atomic E-state index is -0.00436. The molecule has 0 aromatic carbocycles. The molecule has 0 aromatic rings. The van der Waals surface area contributed by atoms with Gasteiger partial charge in [-0.1, -0.05) is 25.0 Å². The Kier molecular flexibility index (Phi) is 8.25. The van der Waals surface area contributed by atoms with Gasteiger partial charge in [0.05, 0.1) is 0 Å². The first-order chi connectivity index (χ1) is 11.2. The van der Waals surface area contributed by atoms with Crippen molar-refractivity contribution in [2.45, 2.75) is 32.6 Å². The van der Waals surface area contributed by atoms with Crippen LogP contribution in [-0.4, -0.2) is 76.0 Å². The summed E-state index contributed by atoms with van der Waals surface area (Å²) in [5.74, 6) is 0.688. The highest BCUT2D eigenvalue weighted by Gasteiger charge is 2.34. The molecule has 1 fully saturated rings. The molecule has 1 saturated carbocycles. The third kappa shape index (κ3) is 7.34. The van der Waals surface area contributed by atoms with Gasteiger partial charge in [-0.2, -0.15) is 0 Å². The molecule has 0 aromatic heterocycles. The van der Waals surface area contributed by atoms with Crippen LogP contribution in [0.5, 0.6) is 0 Å². The molecule has 1 rings (SSSR count). The summed E-state index contributed by atoms with van der Waals surface area (Å²) in [5.41, 5.74) is 1.33. The van der Waals surface area contributed by atoms with E-state index in [0.29, 0.717) is 17.9 Å². The van der Waals surface area contributed by atoms with E-state index in [2.05, 4.69) is 41.2 Å². The lowest BCUT2D eigenvalue weighted by molar-refractivity contribution is -0.127. The Labute approximate surface area is 147 Å². The molecule has 0 aliphatic heterocycles. The van der Waals surface area contributed by atoms with Crippen LogP contribution in [0.25, 0.3) is 0 Å². The predicted molar refractivity (Wildman–Crippen MR) is 101 cm³/mol. The zero-order valence-corrected chi connectivity index (χ0v) is 16.1. The number of carbonyl (C=O) groups is 1. The Morgan fingerprint density at radius 2 is 1.79 bits per heavy atom. The number of rotatable bonds is 8. The Hall–Kier alpha value is -1.56. The van der Waals surface area contributed by atoms with E-state index in [1.807, 2.05) is 6.92 Å². The van der Waals surface area contributed by atoms with Gasteiger partial charge in [-0.05, 0) is 33.9 Å². The van der Waals surface area contributed by atoms with Crippen molar-refractivity contribution in [3.8, 4) is 0 Å². The summed E-state index contributed by atoms with van der Waals surface area (Å²) in [6, 6.07) is 0. The molecule has 1 aliphatic carbocycles. The van der Waals surface area contributed by atoms with E-state index in [1.54, 1.807) is 19.0 Å². The largest absolute Gasteiger partial charge is 0.356 e. The lowest BCUT2D eigenvalue weighted by Crippen LogP contribution is -2.47. The third-order valence-electron chi connectivity index (χ3n) is 4.38. The molecular weight excluding hydrogens is 302 g/mol. The van der Waals surface area contributed by atoms with Crippen LogP contribution in [-0.2, 0) is 4.79 Å². The zero-order valence-electron chi connectivity index (χ0n) is 16.1. The number of hydrogen-bond acceptors (Lipinski definition) is 3. The van der Waals surface area contributed by atoms with Crippen LogP contribution in [0.15, 0.2) is 17.1 Å². The van der Waals surface area contributed by atoms with E-state index in [1.165, 1.54) is 25.7 Å². The molecule has 2 N–H and O–H groups in total. The average molecular weight is 338 g/mol. The molecule has 24 heavy (non-hydrogen) atoms. The first-order valence-electron chi connectivity index (χ1n) is 8.75. The first-order valence-corrected chi connectivity index (χ1v) is 8.75. The highest BCUT2D eigenvalue weighted by Crippen LogP contribution is 2.37. The Balaban J connectivity index is 2.70. The number of likely N-dealkylation sites (N-methyl/N-ethyl adjacent to an activating group) is 1. The van der Waals surface area contributed by atoms with Crippen molar-refractivity contribution in [2.24, 2.45) is 10.4 Å². The molecule has 0 radical (unpaired) electrons. The second-order valence-electron chi connectivity index (χ2n) is 7.56. The standard InChI is InChI=1S/C18H35N5O/c1-15(2)11-19-17(20-12-16(24)23(5)6)21-13-18(14-22(3)4)9-7-8-10-18/h1,7-14H2,2-6H3,(H2,19,20,21). The summed E-state index contributed by atoms with van der Waals surface area (Å²) >= 11 is 0. The van der Waals surface area contributed by atoms with Crippen molar-refractivity contribution < 1.29 is 4.79 Å². The van der Waals surface area contributed by atoms with E-state index in [4.69, 9.17) is 0 Å². The van der Waals surface area contributed by atoms with Gasteiger partial charge in [0.2, 0.25) is 5.91 Å². The fourth-order valence-corrected chi connectivity index (χ4v) is 3.15. The maximum absolute atomic E-state index is 11.8. The lowest BCUT2D eigenvalue weighted by Gasteiger charge is -2.33. The van der Waals surface area contributed by atoms with Gasteiger partial charge < -0.3 is 20.4 Å². The van der Waals surface area contributed by atoms with Crippen LogP contribution in [0.3, 0.4) is 0 Å². The Morgan fingerprint density at radius 3 is 2.29 bits per heavy atom. The fraction of sp³-hybridized carbons (Fsp3) is 0.778. The summed E-state index contributed by atoms with van der Waals surface area (Å²) in [6.07, 6.45) is 5.06. The predicted octanol–water partition coefficient (Wildman–Crippen LogP) is 1.31. The summed E-state index contributed by atoms with van der Waals surface area (Å²) < 4.78 is 0. The molecule has 6 heteroatoms. The number of amides is 1. The highest BCUT2D eigenvalue weighted by atomic mass is 16.2. The van der Waals surface area contributed by atoms with Crippen LogP contribution >= 0.6 is 0 Å². The van der Waals surface area contributed by atoms with Crippen molar-refractivity contribution in [1.82, 2.24) is 20.4 Å². The van der Waals surface area contributed by atoms with Gasteiger partial charge in [-0.15, -0.1) is 0 Å². The van der Waals surface area contributed by atoms with Gasteiger partial charge in [-0.25, -0.2) is 4.99 Å². The lowest BCUT2D eigenvalue weighted by atomic mass is 9.85. The molecular formula is C18H35N5O. The molecule has 1 amide bonds. The second-order valence-corrected chi connectivity index (χ2v) is 7.56. The zero-order chi connectivity index (χ0) is 18.2. The van der Waals surface area contributed by atoms with Gasteiger partial charge in [0.15, 0.2) is 5.96 Å². The topological polar surface area (TPSA) is 60.0 Å². The number of aliphatic imine (C=N–C) groups is 1. The fourth-order valence-electron chi connectivity index (χ4n) is 3.15. The van der Waals surface area contributed by atoms with E-state index >= 15 is 0 Å². The van der Waals surface area contributed by atoms with Crippen LogP contribution in [0.1, 0.15) is 32.6 Å². The molecule has 0 bridgehead atoms. The van der Waals surface area contributed by atoms with E-state index in [-0.39, 0.29) is 12.5 Å². The highest BCUT2D eigenvalue weighted by molar-refractivity contribution is 5.84. The van der Waals surface area contributed by atoms with Crippen molar-refractivity contribution in [2.75, 3.05) is 54.4 Å². The van der Waals surface area contributed by atoms with Crippen molar-refractivity contribution in [3.05, 3.63) is 12.2 Å². The monoisotopic (exact) mass is 337 g/mol. The van der Waals surface area contributed by atoms with Crippen molar-refractivity contribution in [1.29, 1.82) is 0 Å². The van der Waals surface area contributed by atoms with Crippen molar-refractivity contribution in [3.63, 3.8) is 0 Å². The molecule has 0 unspecified atom stereocenters. The molecule has 1 aliphatic rings. The SMILES string of the molecule is C=C(C)CNC(=NCC(=O)N(C)C)NCC1(CN(C)C)CCCC1. The van der Waals surface area contributed by atoms with Gasteiger partial charge >= 0.3 is 0 Å². The second kappa shape index (κ2) is 9.67. The maximum Gasteiger partial charge on any atom is 0.243 e. The average Bonchev–Trinajstić information content (AvgIpc) is 2.93. The smallest absolute Gasteiger partial charge is 0.243 e. The Bertz CT molecular complexity index is 450. The molecule has 0 heterocycles. The molecule has 0 saturated heterocycles. The number of hydrogen-bond donors (Lipinski definition) is 2. The summed E-state index contributed by atoms with van der Waals surface area (Å²) in [5, 5.41) is 6.72. The quantitative estimate of drug-likeness (QED) is 0.398. The van der Waals surface area contributed by atoms with Gasteiger partial charge in [0.25, 0.3) is 0 Å². The van der Waals surface area contributed by atoms with E-state index in [9.17, 15) is 4.79 Å². The maximum atomic E-state index is 11.8. The van der Waals surface area contributed by atoms with E-state index in [0.717, 1.165) is 18.7 Å². The summed E-state index contributed by atoms with van der Waals surface area (Å²) in [7, 11) is 7.75. The Morgan fingerprint density at radius 1 is 1.17 bits per heavy atom. The number of nitrogens with zero attached hydrogens (tertiary/aromatic N) is 3. The van der Waals surface area contributed by atoms with Crippen LogP contribution in [0.4, 0.5) is 0 Å². The molecule has 0 atom stereocenters. The molecule has 0 spiro atoms. The van der Waals surface area contributed by atoms with Gasteiger partial charge in [0.1, 0.15) is 6.54 Å². The van der Waals surface area contributed by atoms with Gasteiger partial charge in [0, 0.05) is 39.1 Å². The van der Waals surface area contributed by atoms with Crippen LogP contribution in [0.2, 0.25) is 0 Å². The van der Waals surface area contributed by atoms with Crippen molar-refractivity contribution >= 4 is 11.9 Å². The number of guanidine groups is 1. The minimum absolute atomic E-state index is 0.00436. The first kappa shape index (κ1) is 20.5. The van der Waals surface area contributed by atoms with Crippen LogP contribution < -0.4 is 10.6 Å². The molecule has 138 valence electrons. The van der Waals surface area contributed by atoms with Crippen LogP contribution in [0, 0.1) is 5.41 Å². The minimum Gasteiger partial charge on any atom is -0.356 e. The number of nitrogens with one attached hydrogen (secondary N) is 2. The van der Waals surface area contributed by atoms with E-state index < -0.39 is 0 Å². The number of carbonyl (C=O) groups excluding carboxylic acids is 1. The third-order valence-corrected chi connectivity index (χ3v) is 4.38. The summed E-state index contributed by atoms with van der Waals surface area (Å²) in [4.78, 5) is 20.1. The summed E-state index contributed by atoms with van der Waals surface area (Å²) in [6.45, 7) is 8.65.